The van der Waals surface area contributed by atoms with Crippen LogP contribution in [0.4, 0.5) is 5.82 Å². The first-order valence-corrected chi connectivity index (χ1v) is 11.4. The van der Waals surface area contributed by atoms with Gasteiger partial charge in [0, 0.05) is 49.3 Å². The molecule has 31 heavy (non-hydrogen) atoms. The normalized spacial score (nSPS) is 16.3. The van der Waals surface area contributed by atoms with E-state index in [4.69, 9.17) is 4.98 Å². The predicted octanol–water partition coefficient (Wildman–Crippen LogP) is 4.04. The Morgan fingerprint density at radius 1 is 1.13 bits per heavy atom. The number of carbonyl (C=O) groups excluding carboxylic acids is 1. The number of anilines is 1. The summed E-state index contributed by atoms with van der Waals surface area (Å²) < 4.78 is 0. The smallest absolute Gasteiger partial charge is 0.303 e. The molecular formula is C24H30N4O3. The van der Waals surface area contributed by atoms with E-state index in [1.165, 1.54) is 5.56 Å². The molecule has 0 radical (unpaired) electrons. The number of nitrogens with one attached hydrogen (secondary N) is 1. The van der Waals surface area contributed by atoms with E-state index < -0.39 is 5.97 Å². The summed E-state index contributed by atoms with van der Waals surface area (Å²) in [5.41, 5.74) is 3.08. The van der Waals surface area contributed by atoms with Crippen molar-refractivity contribution in [3.8, 4) is 0 Å². The minimum atomic E-state index is -0.906. The molecule has 2 N–H and O–H groups in total. The van der Waals surface area contributed by atoms with Gasteiger partial charge in [-0.15, -0.1) is 0 Å². The van der Waals surface area contributed by atoms with Crippen LogP contribution in [0.25, 0.3) is 0 Å². The van der Waals surface area contributed by atoms with Crippen LogP contribution in [0.3, 0.4) is 0 Å². The lowest BCUT2D eigenvalue weighted by Crippen LogP contribution is -2.14. The van der Waals surface area contributed by atoms with Crippen LogP contribution in [-0.2, 0) is 22.4 Å². The highest BCUT2D eigenvalue weighted by molar-refractivity contribution is 5.80. The molecule has 2 aromatic rings. The predicted molar refractivity (Wildman–Crippen MR) is 117 cm³/mol. The second-order valence-corrected chi connectivity index (χ2v) is 8.73. The van der Waals surface area contributed by atoms with Crippen molar-refractivity contribution in [2.75, 3.05) is 11.9 Å². The van der Waals surface area contributed by atoms with E-state index >= 15 is 0 Å². The van der Waals surface area contributed by atoms with Crippen molar-refractivity contribution in [2.45, 2.75) is 76.0 Å². The molecule has 2 aromatic heterocycles. The zero-order valence-electron chi connectivity index (χ0n) is 17.8. The van der Waals surface area contributed by atoms with Gasteiger partial charge >= 0.3 is 5.97 Å². The van der Waals surface area contributed by atoms with Crippen molar-refractivity contribution in [1.29, 1.82) is 0 Å². The van der Waals surface area contributed by atoms with Crippen molar-refractivity contribution < 1.29 is 14.7 Å². The SMILES string of the molecule is O=C(O)C[C@H](CC(=O)CCCCc1ccc2c(n1)NCCC2)c1cnc(C2CC2)nc1. The monoisotopic (exact) mass is 422 g/mol. The summed E-state index contributed by atoms with van der Waals surface area (Å²) in [6.07, 6.45) is 11.0. The Balaban J connectivity index is 1.25. The van der Waals surface area contributed by atoms with Crippen molar-refractivity contribution in [3.05, 3.63) is 47.2 Å². The summed E-state index contributed by atoms with van der Waals surface area (Å²) >= 11 is 0. The van der Waals surface area contributed by atoms with Gasteiger partial charge in [-0.05, 0) is 62.1 Å². The van der Waals surface area contributed by atoms with Crippen LogP contribution in [-0.4, -0.2) is 38.4 Å². The molecule has 3 heterocycles. The number of rotatable bonds is 11. The number of unbranched alkanes of at least 4 members (excludes halogenated alkanes) is 1. The number of aromatic nitrogens is 3. The first kappa shape index (κ1) is 21.4. The summed E-state index contributed by atoms with van der Waals surface area (Å²) in [5, 5.41) is 12.6. The zero-order valence-corrected chi connectivity index (χ0v) is 17.8. The maximum Gasteiger partial charge on any atom is 0.303 e. The van der Waals surface area contributed by atoms with Crippen molar-refractivity contribution in [2.24, 2.45) is 0 Å². The lowest BCUT2D eigenvalue weighted by Gasteiger charge is -2.17. The molecule has 1 atom stereocenters. The molecule has 1 aliphatic heterocycles. The van der Waals surface area contributed by atoms with Crippen LogP contribution in [0.5, 0.6) is 0 Å². The number of aryl methyl sites for hydroxylation is 2. The van der Waals surface area contributed by atoms with Gasteiger partial charge in [0.25, 0.3) is 0 Å². The highest BCUT2D eigenvalue weighted by Crippen LogP contribution is 2.38. The Hall–Kier alpha value is -2.83. The second kappa shape index (κ2) is 9.98. The summed E-state index contributed by atoms with van der Waals surface area (Å²) in [4.78, 5) is 37.3. The molecule has 0 spiro atoms. The molecule has 1 saturated carbocycles. The minimum absolute atomic E-state index is 0.0794. The number of hydrogen-bond acceptors (Lipinski definition) is 6. The molecule has 7 nitrogen and oxygen atoms in total. The molecule has 1 aliphatic carbocycles. The van der Waals surface area contributed by atoms with E-state index in [1.54, 1.807) is 12.4 Å². The van der Waals surface area contributed by atoms with Crippen LogP contribution in [0.1, 0.15) is 85.8 Å². The van der Waals surface area contributed by atoms with Crippen molar-refractivity contribution >= 4 is 17.6 Å². The number of Topliss-reactive ketones (excluding diaryl/α,β-unsaturated/α-hetero) is 1. The second-order valence-electron chi connectivity index (χ2n) is 8.73. The number of pyridine rings is 1. The maximum absolute atomic E-state index is 12.5. The van der Waals surface area contributed by atoms with Gasteiger partial charge in [0.15, 0.2) is 0 Å². The average Bonchev–Trinajstić information content (AvgIpc) is 3.61. The fraction of sp³-hybridized carbons (Fsp3) is 0.542. The van der Waals surface area contributed by atoms with Crippen LogP contribution in [0.2, 0.25) is 0 Å². The molecule has 1 fully saturated rings. The van der Waals surface area contributed by atoms with E-state index in [0.29, 0.717) is 12.3 Å². The Kier molecular flexibility index (Phi) is 6.89. The fourth-order valence-corrected chi connectivity index (χ4v) is 4.14. The van der Waals surface area contributed by atoms with Gasteiger partial charge in [0.2, 0.25) is 0 Å². The summed E-state index contributed by atoms with van der Waals surface area (Å²) in [6, 6.07) is 4.24. The summed E-state index contributed by atoms with van der Waals surface area (Å²) in [6.45, 7) is 0.976. The average molecular weight is 423 g/mol. The van der Waals surface area contributed by atoms with Gasteiger partial charge in [0.1, 0.15) is 17.4 Å². The van der Waals surface area contributed by atoms with Gasteiger partial charge in [-0.1, -0.05) is 6.07 Å². The number of nitrogens with zero attached hydrogens (tertiary/aromatic N) is 3. The summed E-state index contributed by atoms with van der Waals surface area (Å²) in [7, 11) is 0. The van der Waals surface area contributed by atoms with E-state index in [-0.39, 0.29) is 24.5 Å². The maximum atomic E-state index is 12.5. The molecule has 4 rings (SSSR count). The van der Waals surface area contributed by atoms with E-state index in [1.807, 2.05) is 0 Å². The van der Waals surface area contributed by atoms with Gasteiger partial charge in [-0.3, -0.25) is 9.59 Å². The highest BCUT2D eigenvalue weighted by Gasteiger charge is 2.27. The Bertz CT molecular complexity index is 925. The number of carboxylic acid groups (broad SMARTS) is 1. The number of carboxylic acids is 1. The third kappa shape index (κ3) is 6.09. The quantitative estimate of drug-likeness (QED) is 0.527. The molecule has 0 aromatic carbocycles. The standard InChI is InChI=1S/C24H30N4O3/c29-21(6-2-1-5-20-10-9-16-4-3-11-25-24(16)28-20)12-18(13-22(30)31)19-14-26-23(27-15-19)17-7-8-17/h9-10,14-15,17-18H,1-8,11-13H2,(H,25,28)(H,30,31)/t18-/m0/s1. The topological polar surface area (TPSA) is 105 Å². The Morgan fingerprint density at radius 3 is 2.68 bits per heavy atom. The first-order valence-electron chi connectivity index (χ1n) is 11.4. The lowest BCUT2D eigenvalue weighted by atomic mass is 9.91. The highest BCUT2D eigenvalue weighted by atomic mass is 16.4. The molecule has 164 valence electrons. The fourth-order valence-electron chi connectivity index (χ4n) is 4.14. The number of aliphatic carboxylic acids is 1. The first-order chi connectivity index (χ1) is 15.1. The van der Waals surface area contributed by atoms with Gasteiger partial charge < -0.3 is 10.4 Å². The molecular weight excluding hydrogens is 392 g/mol. The minimum Gasteiger partial charge on any atom is -0.481 e. The van der Waals surface area contributed by atoms with Crippen molar-refractivity contribution in [1.82, 2.24) is 15.0 Å². The van der Waals surface area contributed by atoms with Gasteiger partial charge in [-0.25, -0.2) is 15.0 Å². The van der Waals surface area contributed by atoms with E-state index in [9.17, 15) is 14.7 Å². The molecule has 0 unspecified atom stereocenters. The number of carbonyl (C=O) groups is 2. The van der Waals surface area contributed by atoms with Crippen LogP contribution in [0, 0.1) is 0 Å². The van der Waals surface area contributed by atoms with E-state index in [2.05, 4.69) is 27.4 Å². The molecule has 0 bridgehead atoms. The third-order valence-electron chi connectivity index (χ3n) is 6.09. The molecule has 0 saturated heterocycles. The van der Waals surface area contributed by atoms with Gasteiger partial charge in [-0.2, -0.15) is 0 Å². The van der Waals surface area contributed by atoms with Crippen LogP contribution < -0.4 is 5.32 Å². The van der Waals surface area contributed by atoms with Gasteiger partial charge in [0.05, 0.1) is 6.42 Å². The molecule has 0 amide bonds. The third-order valence-corrected chi connectivity index (χ3v) is 6.09. The largest absolute Gasteiger partial charge is 0.481 e. The number of ketones is 1. The number of hydrogen-bond donors (Lipinski definition) is 2. The van der Waals surface area contributed by atoms with E-state index in [0.717, 1.165) is 74.4 Å². The van der Waals surface area contributed by atoms with Crippen molar-refractivity contribution in [3.63, 3.8) is 0 Å². The lowest BCUT2D eigenvalue weighted by molar-refractivity contribution is -0.137. The summed E-state index contributed by atoms with van der Waals surface area (Å²) in [5.74, 6) is 1.11. The van der Waals surface area contributed by atoms with Crippen LogP contribution >= 0.6 is 0 Å². The molecule has 7 heteroatoms. The Morgan fingerprint density at radius 2 is 1.94 bits per heavy atom. The molecule has 2 aliphatic rings. The zero-order chi connectivity index (χ0) is 21.6. The Labute approximate surface area is 182 Å². The number of fused-ring (bicyclic) bond motifs is 1. The van der Waals surface area contributed by atoms with Crippen LogP contribution in [0.15, 0.2) is 24.5 Å².